The van der Waals surface area contributed by atoms with E-state index in [1.807, 2.05) is 18.9 Å². The molecule has 2 heterocycles. The highest BCUT2D eigenvalue weighted by Crippen LogP contribution is 2.26. The molecule has 0 spiro atoms. The highest BCUT2D eigenvalue weighted by Gasteiger charge is 2.18. The number of halogens is 2. The van der Waals surface area contributed by atoms with Gasteiger partial charge in [0.05, 0.1) is 11.3 Å². The summed E-state index contributed by atoms with van der Waals surface area (Å²) in [6, 6.07) is 3.90. The summed E-state index contributed by atoms with van der Waals surface area (Å²) in [4.78, 5) is 6.25. The first kappa shape index (κ1) is 16.3. The van der Waals surface area contributed by atoms with Crippen molar-refractivity contribution in [3.05, 3.63) is 52.7 Å². The van der Waals surface area contributed by atoms with E-state index >= 15 is 0 Å². The van der Waals surface area contributed by atoms with E-state index in [0.717, 1.165) is 17.5 Å². The van der Waals surface area contributed by atoms with Gasteiger partial charge >= 0.3 is 0 Å². The van der Waals surface area contributed by atoms with Crippen molar-refractivity contribution in [3.8, 4) is 11.5 Å². The second-order valence-corrected chi connectivity index (χ2v) is 5.59. The molecule has 0 radical (unpaired) electrons. The molecule has 3 aromatic rings. The topological polar surface area (TPSA) is 68.2 Å². The van der Waals surface area contributed by atoms with E-state index in [0.29, 0.717) is 24.5 Å². The van der Waals surface area contributed by atoms with Crippen molar-refractivity contribution >= 4 is 0 Å². The number of aromatic nitrogens is 3. The van der Waals surface area contributed by atoms with Crippen LogP contribution in [0.5, 0.6) is 0 Å². The van der Waals surface area contributed by atoms with Crippen LogP contribution < -0.4 is 0 Å². The Kier molecular flexibility index (Phi) is 4.39. The van der Waals surface area contributed by atoms with Gasteiger partial charge in [-0.15, -0.1) is 0 Å². The third kappa shape index (κ3) is 3.18. The van der Waals surface area contributed by atoms with Gasteiger partial charge in [0.2, 0.25) is 5.89 Å². The van der Waals surface area contributed by atoms with Crippen LogP contribution in [0.1, 0.15) is 22.8 Å². The molecule has 6 nitrogen and oxygen atoms in total. The summed E-state index contributed by atoms with van der Waals surface area (Å²) < 4.78 is 37.4. The van der Waals surface area contributed by atoms with Crippen LogP contribution in [-0.4, -0.2) is 27.2 Å². The summed E-state index contributed by atoms with van der Waals surface area (Å²) in [7, 11) is 1.88. The summed E-state index contributed by atoms with van der Waals surface area (Å²) in [6.45, 7) is 4.52. The molecule has 0 saturated carbocycles. The Hall–Kier alpha value is -2.61. The molecule has 0 unspecified atom stereocenters. The number of rotatable bonds is 5. The van der Waals surface area contributed by atoms with Crippen LogP contribution in [0.15, 0.2) is 27.2 Å². The molecule has 1 aromatic carbocycles. The minimum Gasteiger partial charge on any atom is -0.441 e. The molecule has 0 N–H and O–H groups in total. The van der Waals surface area contributed by atoms with E-state index in [2.05, 4.69) is 19.9 Å². The minimum absolute atomic E-state index is 0.00329. The maximum Gasteiger partial charge on any atom is 0.229 e. The molecule has 0 aliphatic rings. The highest BCUT2D eigenvalue weighted by molar-refractivity contribution is 5.54. The molecule has 0 amide bonds. The molecule has 0 saturated heterocycles. The summed E-state index contributed by atoms with van der Waals surface area (Å²) in [5, 5.41) is 7.56. The number of hydrogen-bond acceptors (Lipinski definition) is 6. The quantitative estimate of drug-likeness (QED) is 0.713. The van der Waals surface area contributed by atoms with E-state index in [4.69, 9.17) is 4.42 Å². The Bertz CT molecular complexity index is 860. The second-order valence-electron chi connectivity index (χ2n) is 5.59. The smallest absolute Gasteiger partial charge is 0.229 e. The molecule has 24 heavy (non-hydrogen) atoms. The Balaban J connectivity index is 1.79. The lowest BCUT2D eigenvalue weighted by Crippen LogP contribution is -2.18. The van der Waals surface area contributed by atoms with Gasteiger partial charge in [-0.1, -0.05) is 16.4 Å². The Labute approximate surface area is 137 Å². The first-order chi connectivity index (χ1) is 11.5. The predicted octanol–water partition coefficient (Wildman–Crippen LogP) is 3.25. The van der Waals surface area contributed by atoms with Gasteiger partial charge in [0.25, 0.3) is 0 Å². The van der Waals surface area contributed by atoms with Gasteiger partial charge in [0, 0.05) is 13.1 Å². The van der Waals surface area contributed by atoms with Crippen LogP contribution in [0.25, 0.3) is 11.5 Å². The maximum atomic E-state index is 13.9. The number of benzene rings is 1. The third-order valence-corrected chi connectivity index (χ3v) is 3.66. The normalized spacial score (nSPS) is 11.4. The second kappa shape index (κ2) is 6.48. The molecule has 0 bridgehead atoms. The zero-order chi connectivity index (χ0) is 17.3. The lowest BCUT2D eigenvalue weighted by atomic mass is 10.2. The average Bonchev–Trinajstić information content (AvgIpc) is 3.09. The first-order valence-corrected chi connectivity index (χ1v) is 7.33. The van der Waals surface area contributed by atoms with Crippen LogP contribution in [0.4, 0.5) is 8.78 Å². The zero-order valence-corrected chi connectivity index (χ0v) is 13.5. The Morgan fingerprint density at radius 1 is 1.08 bits per heavy atom. The first-order valence-electron chi connectivity index (χ1n) is 7.33. The van der Waals surface area contributed by atoms with E-state index in [9.17, 15) is 8.78 Å². The van der Waals surface area contributed by atoms with Crippen molar-refractivity contribution in [2.75, 3.05) is 7.05 Å². The molecule has 0 aliphatic carbocycles. The number of aryl methyl sites for hydroxylation is 2. The van der Waals surface area contributed by atoms with Gasteiger partial charge in [-0.05, 0) is 33.0 Å². The largest absolute Gasteiger partial charge is 0.441 e. The Morgan fingerprint density at radius 3 is 2.54 bits per heavy atom. The lowest BCUT2D eigenvalue weighted by Gasteiger charge is -2.13. The zero-order valence-electron chi connectivity index (χ0n) is 13.5. The molecule has 0 atom stereocenters. The molecule has 126 valence electrons. The molecular weight excluding hydrogens is 318 g/mol. The molecule has 0 fully saturated rings. The maximum absolute atomic E-state index is 13.9. The van der Waals surface area contributed by atoms with E-state index < -0.39 is 11.6 Å². The molecule has 2 aromatic heterocycles. The van der Waals surface area contributed by atoms with Crippen molar-refractivity contribution in [1.82, 2.24) is 20.2 Å². The van der Waals surface area contributed by atoms with Crippen molar-refractivity contribution < 1.29 is 17.8 Å². The van der Waals surface area contributed by atoms with Crippen molar-refractivity contribution in [1.29, 1.82) is 0 Å². The third-order valence-electron chi connectivity index (χ3n) is 3.66. The molecule has 8 heteroatoms. The molecule has 0 aliphatic heterocycles. The van der Waals surface area contributed by atoms with Crippen LogP contribution in [0.3, 0.4) is 0 Å². The average molecular weight is 334 g/mol. The molecular formula is C16H16F2N4O2. The summed E-state index contributed by atoms with van der Waals surface area (Å²) in [5.41, 5.74) is 2.10. The van der Waals surface area contributed by atoms with E-state index in [-0.39, 0.29) is 11.5 Å². The monoisotopic (exact) mass is 334 g/mol. The summed E-state index contributed by atoms with van der Waals surface area (Å²) in [5.74, 6) is -1.29. The summed E-state index contributed by atoms with van der Waals surface area (Å²) in [6.07, 6.45) is 0. The van der Waals surface area contributed by atoms with Crippen LogP contribution in [-0.2, 0) is 13.1 Å². The van der Waals surface area contributed by atoms with Crippen molar-refractivity contribution in [2.24, 2.45) is 0 Å². The van der Waals surface area contributed by atoms with E-state index in [1.54, 1.807) is 6.92 Å². The van der Waals surface area contributed by atoms with Gasteiger partial charge in [-0.2, -0.15) is 0 Å². The van der Waals surface area contributed by atoms with Gasteiger partial charge < -0.3 is 4.42 Å². The summed E-state index contributed by atoms with van der Waals surface area (Å²) >= 11 is 0. The predicted molar refractivity (Wildman–Crippen MR) is 80.8 cm³/mol. The van der Waals surface area contributed by atoms with Crippen molar-refractivity contribution in [2.45, 2.75) is 26.9 Å². The van der Waals surface area contributed by atoms with E-state index in [1.165, 1.54) is 12.1 Å². The Morgan fingerprint density at radius 2 is 1.83 bits per heavy atom. The molecule has 3 rings (SSSR count). The lowest BCUT2D eigenvalue weighted by molar-refractivity contribution is 0.277. The SMILES string of the molecule is Cc1nonc1CN(C)Cc1nc(-c2cccc(F)c2F)oc1C. The van der Waals surface area contributed by atoms with Crippen LogP contribution >= 0.6 is 0 Å². The number of hydrogen-bond donors (Lipinski definition) is 0. The number of oxazole rings is 1. The fraction of sp³-hybridized carbons (Fsp3) is 0.312. The van der Waals surface area contributed by atoms with Gasteiger partial charge in [-0.3, -0.25) is 4.90 Å². The van der Waals surface area contributed by atoms with Gasteiger partial charge in [0.15, 0.2) is 11.6 Å². The van der Waals surface area contributed by atoms with Crippen molar-refractivity contribution in [3.63, 3.8) is 0 Å². The highest BCUT2D eigenvalue weighted by atomic mass is 19.2. The fourth-order valence-electron chi connectivity index (χ4n) is 2.32. The standard InChI is InChI=1S/C16H16F2N4O2/c1-9-13(21-24-20-9)7-22(3)8-14-10(2)23-16(19-14)11-5-4-6-12(17)15(11)18/h4-6H,7-8H2,1-3H3. The fourth-order valence-corrected chi connectivity index (χ4v) is 2.32. The number of nitrogens with zero attached hydrogens (tertiary/aromatic N) is 4. The van der Waals surface area contributed by atoms with Crippen LogP contribution in [0.2, 0.25) is 0 Å². The minimum atomic E-state index is -0.969. The van der Waals surface area contributed by atoms with Crippen LogP contribution in [0, 0.1) is 25.5 Å². The van der Waals surface area contributed by atoms with Gasteiger partial charge in [-0.25, -0.2) is 18.4 Å². The van der Waals surface area contributed by atoms with Gasteiger partial charge in [0.1, 0.15) is 17.1 Å².